The van der Waals surface area contributed by atoms with Crippen LogP contribution in [0.4, 0.5) is 0 Å². The van der Waals surface area contributed by atoms with Crippen LogP contribution in [0.15, 0.2) is 24.3 Å². The summed E-state index contributed by atoms with van der Waals surface area (Å²) in [4.78, 5) is 0. The fourth-order valence-corrected chi connectivity index (χ4v) is 3.11. The minimum atomic E-state index is 0.740. The molecule has 1 unspecified atom stereocenters. The Labute approximate surface area is 112 Å². The molecule has 0 heterocycles. The second kappa shape index (κ2) is 6.94. The van der Waals surface area contributed by atoms with E-state index in [0.717, 1.165) is 18.4 Å². The van der Waals surface area contributed by atoms with Crippen molar-refractivity contribution in [2.75, 3.05) is 13.1 Å². The van der Waals surface area contributed by atoms with E-state index in [0.29, 0.717) is 0 Å². The van der Waals surface area contributed by atoms with Crippen molar-refractivity contribution in [2.45, 2.75) is 51.9 Å². The molecule has 2 rings (SSSR count). The van der Waals surface area contributed by atoms with Crippen LogP contribution in [-0.2, 0) is 6.42 Å². The quantitative estimate of drug-likeness (QED) is 0.794. The average molecular weight is 245 g/mol. The van der Waals surface area contributed by atoms with Gasteiger partial charge >= 0.3 is 0 Å². The number of aryl methyl sites for hydroxylation is 1. The zero-order valence-electron chi connectivity index (χ0n) is 11.9. The largest absolute Gasteiger partial charge is 0.316 e. The van der Waals surface area contributed by atoms with Crippen molar-refractivity contribution in [1.29, 1.82) is 0 Å². The minimum Gasteiger partial charge on any atom is -0.316 e. The van der Waals surface area contributed by atoms with E-state index in [1.54, 1.807) is 11.1 Å². The fourth-order valence-electron chi connectivity index (χ4n) is 3.11. The summed E-state index contributed by atoms with van der Waals surface area (Å²) >= 11 is 0. The summed E-state index contributed by atoms with van der Waals surface area (Å²) in [6, 6.07) is 9.01. The van der Waals surface area contributed by atoms with Gasteiger partial charge in [-0.05, 0) is 48.8 Å². The number of nitrogens with one attached hydrogen (secondary N) is 1. The maximum Gasteiger partial charge on any atom is 0.00203 e. The van der Waals surface area contributed by atoms with E-state index in [4.69, 9.17) is 0 Å². The summed E-state index contributed by atoms with van der Waals surface area (Å²) in [6.45, 7) is 6.94. The first-order valence-corrected chi connectivity index (χ1v) is 7.63. The molecule has 1 aliphatic carbocycles. The van der Waals surface area contributed by atoms with Crippen LogP contribution in [0.25, 0.3) is 0 Å². The van der Waals surface area contributed by atoms with Crippen LogP contribution in [0.5, 0.6) is 0 Å². The maximum absolute atomic E-state index is 3.70. The zero-order valence-corrected chi connectivity index (χ0v) is 11.9. The van der Waals surface area contributed by atoms with Crippen molar-refractivity contribution >= 4 is 0 Å². The Morgan fingerprint density at radius 3 is 2.78 bits per heavy atom. The Hall–Kier alpha value is -0.820. The third-order valence-electron chi connectivity index (χ3n) is 4.47. The van der Waals surface area contributed by atoms with Gasteiger partial charge in [-0.25, -0.2) is 0 Å². The van der Waals surface area contributed by atoms with E-state index in [-0.39, 0.29) is 0 Å². The topological polar surface area (TPSA) is 12.0 Å². The van der Waals surface area contributed by atoms with E-state index in [1.807, 2.05) is 0 Å². The van der Waals surface area contributed by atoms with Crippen LogP contribution in [0.3, 0.4) is 0 Å². The van der Waals surface area contributed by atoms with Gasteiger partial charge < -0.3 is 5.32 Å². The number of rotatable bonds is 6. The van der Waals surface area contributed by atoms with E-state index in [1.165, 1.54) is 38.6 Å². The molecule has 1 heteroatoms. The summed E-state index contributed by atoms with van der Waals surface area (Å²) in [5.74, 6) is 1.59. The molecule has 1 N–H and O–H groups in total. The van der Waals surface area contributed by atoms with Gasteiger partial charge in [0.1, 0.15) is 0 Å². The maximum atomic E-state index is 3.70. The smallest absolute Gasteiger partial charge is 0.00203 e. The predicted octanol–water partition coefficient (Wildman–Crippen LogP) is 4.13. The van der Waals surface area contributed by atoms with Gasteiger partial charge in [0.15, 0.2) is 0 Å². The normalized spacial score (nSPS) is 18.9. The molecular weight excluding hydrogens is 218 g/mol. The molecule has 0 bridgehead atoms. The molecular formula is C17H27N. The van der Waals surface area contributed by atoms with Crippen molar-refractivity contribution in [2.24, 2.45) is 5.92 Å². The van der Waals surface area contributed by atoms with Crippen LogP contribution in [0.2, 0.25) is 0 Å². The number of hydrogen-bond acceptors (Lipinski definition) is 1. The molecule has 1 nitrogen and oxygen atoms in total. The lowest BCUT2D eigenvalue weighted by molar-refractivity contribution is 0.425. The molecule has 18 heavy (non-hydrogen) atoms. The lowest BCUT2D eigenvalue weighted by Gasteiger charge is -2.26. The molecule has 0 saturated heterocycles. The molecule has 1 atom stereocenters. The minimum absolute atomic E-state index is 0.740. The first kappa shape index (κ1) is 13.6. The van der Waals surface area contributed by atoms with E-state index in [2.05, 4.69) is 43.4 Å². The van der Waals surface area contributed by atoms with Gasteiger partial charge in [0, 0.05) is 6.54 Å². The summed E-state index contributed by atoms with van der Waals surface area (Å²) in [7, 11) is 0. The highest BCUT2D eigenvalue weighted by atomic mass is 14.9. The summed E-state index contributed by atoms with van der Waals surface area (Å²) in [5.41, 5.74) is 3.18. The summed E-state index contributed by atoms with van der Waals surface area (Å²) in [5, 5.41) is 3.70. The molecule has 0 aromatic heterocycles. The summed E-state index contributed by atoms with van der Waals surface area (Å²) < 4.78 is 0. The highest BCUT2D eigenvalue weighted by molar-refractivity contribution is 5.32. The molecule has 0 radical (unpaired) electrons. The molecule has 0 fully saturated rings. The lowest BCUT2D eigenvalue weighted by atomic mass is 9.83. The van der Waals surface area contributed by atoms with E-state index >= 15 is 0 Å². The molecule has 1 aromatic carbocycles. The Balaban J connectivity index is 1.87. The fraction of sp³-hybridized carbons (Fsp3) is 0.647. The van der Waals surface area contributed by atoms with Crippen molar-refractivity contribution in [3.8, 4) is 0 Å². The highest BCUT2D eigenvalue weighted by Gasteiger charge is 2.19. The molecule has 0 saturated carbocycles. The number of fused-ring (bicyclic) bond motifs is 1. The second-order valence-electron chi connectivity index (χ2n) is 5.63. The van der Waals surface area contributed by atoms with Gasteiger partial charge in [-0.3, -0.25) is 0 Å². The van der Waals surface area contributed by atoms with Crippen LogP contribution in [0.1, 0.15) is 56.6 Å². The first-order valence-electron chi connectivity index (χ1n) is 7.63. The van der Waals surface area contributed by atoms with Crippen molar-refractivity contribution in [1.82, 2.24) is 5.32 Å². The third kappa shape index (κ3) is 3.35. The van der Waals surface area contributed by atoms with Gasteiger partial charge in [-0.2, -0.15) is 0 Å². The molecule has 1 aliphatic rings. The average Bonchev–Trinajstić information content (AvgIpc) is 2.44. The van der Waals surface area contributed by atoms with Gasteiger partial charge in [0.2, 0.25) is 0 Å². The number of benzene rings is 1. The standard InChI is InChI=1S/C17H27N/c1-3-14(4-2)12-18-13-16-10-7-9-15-8-5-6-11-17(15)16/h5-6,8,11,14,16,18H,3-4,7,9-10,12-13H2,1-2H3. The molecule has 1 aromatic rings. The molecule has 0 amide bonds. The van der Waals surface area contributed by atoms with Crippen LogP contribution >= 0.6 is 0 Å². The summed E-state index contributed by atoms with van der Waals surface area (Å²) in [6.07, 6.45) is 6.58. The highest BCUT2D eigenvalue weighted by Crippen LogP contribution is 2.30. The van der Waals surface area contributed by atoms with Gasteiger partial charge in [-0.15, -0.1) is 0 Å². The van der Waals surface area contributed by atoms with Crippen molar-refractivity contribution < 1.29 is 0 Å². The zero-order chi connectivity index (χ0) is 12.8. The van der Waals surface area contributed by atoms with Crippen LogP contribution in [-0.4, -0.2) is 13.1 Å². The molecule has 100 valence electrons. The lowest BCUT2D eigenvalue weighted by Crippen LogP contribution is -2.28. The predicted molar refractivity (Wildman–Crippen MR) is 79.1 cm³/mol. The Morgan fingerprint density at radius 1 is 1.22 bits per heavy atom. The van der Waals surface area contributed by atoms with Crippen molar-refractivity contribution in [3.05, 3.63) is 35.4 Å². The third-order valence-corrected chi connectivity index (χ3v) is 4.47. The van der Waals surface area contributed by atoms with Gasteiger partial charge in [0.05, 0.1) is 0 Å². The van der Waals surface area contributed by atoms with Crippen LogP contribution < -0.4 is 5.32 Å². The van der Waals surface area contributed by atoms with Gasteiger partial charge in [0.25, 0.3) is 0 Å². The number of hydrogen-bond donors (Lipinski definition) is 1. The van der Waals surface area contributed by atoms with E-state index in [9.17, 15) is 0 Å². The van der Waals surface area contributed by atoms with Crippen LogP contribution in [0, 0.1) is 5.92 Å². The molecule has 0 aliphatic heterocycles. The van der Waals surface area contributed by atoms with E-state index < -0.39 is 0 Å². The SMILES string of the molecule is CCC(CC)CNCC1CCCc2ccccc21. The van der Waals surface area contributed by atoms with Crippen molar-refractivity contribution in [3.63, 3.8) is 0 Å². The molecule has 0 spiro atoms. The Morgan fingerprint density at radius 2 is 2.00 bits per heavy atom. The Bertz CT molecular complexity index is 354. The monoisotopic (exact) mass is 245 g/mol. The second-order valence-corrected chi connectivity index (χ2v) is 5.63. The Kier molecular flexibility index (Phi) is 5.25. The van der Waals surface area contributed by atoms with Gasteiger partial charge in [-0.1, -0.05) is 51.0 Å². The first-order chi connectivity index (χ1) is 8.85.